The first kappa shape index (κ1) is 23.1. The highest BCUT2D eigenvalue weighted by atomic mass is 79.9. The number of benzene rings is 3. The lowest BCUT2D eigenvalue weighted by molar-refractivity contribution is 0.123. The molecule has 0 aromatic heterocycles. The average Bonchev–Trinajstić information content (AvgIpc) is 2.92. The average molecular weight is 542 g/mol. The maximum atomic E-state index is 11.2. The number of aromatic hydroxyl groups is 1. The van der Waals surface area contributed by atoms with Gasteiger partial charge < -0.3 is 25.6 Å². The van der Waals surface area contributed by atoms with Gasteiger partial charge in [0.15, 0.2) is 0 Å². The van der Waals surface area contributed by atoms with Crippen molar-refractivity contribution in [2.24, 2.45) is 5.41 Å². The van der Waals surface area contributed by atoms with Gasteiger partial charge in [0.1, 0.15) is 22.9 Å². The summed E-state index contributed by atoms with van der Waals surface area (Å²) < 4.78 is 6.88. The highest BCUT2D eigenvalue weighted by Gasteiger charge is 2.39. The molecule has 4 N–H and O–H groups in total. The maximum Gasteiger partial charge on any atom is 0.141 e. The van der Waals surface area contributed by atoms with Crippen LogP contribution in [-0.2, 0) is 0 Å². The highest BCUT2D eigenvalue weighted by Crippen LogP contribution is 2.49. The lowest BCUT2D eigenvalue weighted by atomic mass is 9.72. The van der Waals surface area contributed by atoms with Gasteiger partial charge in [-0.15, -0.1) is 0 Å². The zero-order valence-electron chi connectivity index (χ0n) is 18.9. The Balaban J connectivity index is 1.57. The Morgan fingerprint density at radius 2 is 1.88 bits per heavy atom. The quantitative estimate of drug-likeness (QED) is 0.257. The number of rotatable bonds is 3. The summed E-state index contributed by atoms with van der Waals surface area (Å²) in [5.41, 5.74) is 3.84. The first-order chi connectivity index (χ1) is 16.2. The first-order valence-electron chi connectivity index (χ1n) is 11.2. The predicted molar refractivity (Wildman–Crippen MR) is 140 cm³/mol. The summed E-state index contributed by atoms with van der Waals surface area (Å²) in [5, 5.41) is 29.2. The lowest BCUT2D eigenvalue weighted by Gasteiger charge is -2.38. The molecule has 0 saturated carbocycles. The van der Waals surface area contributed by atoms with E-state index in [9.17, 15) is 10.2 Å². The number of hydrogen-bond donors (Lipinski definition) is 4. The van der Waals surface area contributed by atoms with Crippen molar-refractivity contribution in [3.8, 4) is 17.2 Å². The number of phenols is 1. The second-order valence-electron chi connectivity index (χ2n) is 9.61. The zero-order chi connectivity index (χ0) is 24.0. The van der Waals surface area contributed by atoms with Crippen molar-refractivity contribution >= 4 is 38.9 Å². The number of para-hydroxylation sites is 2. The van der Waals surface area contributed by atoms with Gasteiger partial charge in [-0.1, -0.05) is 49.7 Å². The summed E-state index contributed by atoms with van der Waals surface area (Å²) in [7, 11) is 0. The van der Waals surface area contributed by atoms with E-state index in [1.54, 1.807) is 18.2 Å². The van der Waals surface area contributed by atoms with E-state index in [0.717, 1.165) is 33.4 Å². The Hall–Kier alpha value is -2.67. The SMILES string of the molecule is CC1(C)CC2=C(C(O)C1)C(c1ccc(Oc3ccccc3Br)cc1Cl)Nc1cccc(O)c1N2. The smallest absolute Gasteiger partial charge is 0.141 e. The molecular weight excluding hydrogens is 516 g/mol. The van der Waals surface area contributed by atoms with Crippen LogP contribution in [0, 0.1) is 5.41 Å². The minimum absolute atomic E-state index is 0.0880. The number of hydrogen-bond acceptors (Lipinski definition) is 5. The standard InChI is InChI=1S/C27H26BrClN2O3/c1-27(2)13-20-24(22(33)14-27)25(30-19-7-5-8-21(32)26(19)31-20)16-11-10-15(12-18(16)29)34-23-9-4-3-6-17(23)28/h3-12,22,25,30-33H,13-14H2,1-2H3. The molecule has 3 aromatic carbocycles. The van der Waals surface area contributed by atoms with Gasteiger partial charge in [0.2, 0.25) is 0 Å². The summed E-state index contributed by atoms with van der Waals surface area (Å²) in [6.45, 7) is 4.28. The van der Waals surface area contributed by atoms with Gasteiger partial charge >= 0.3 is 0 Å². The zero-order valence-corrected chi connectivity index (χ0v) is 21.2. The number of phenolic OH excluding ortho intramolecular Hbond substituents is 1. The molecule has 5 rings (SSSR count). The number of aliphatic hydroxyl groups is 1. The monoisotopic (exact) mass is 540 g/mol. The Morgan fingerprint density at radius 1 is 1.09 bits per heavy atom. The molecule has 34 heavy (non-hydrogen) atoms. The number of fused-ring (bicyclic) bond motifs is 1. The number of halogens is 2. The number of anilines is 2. The van der Waals surface area contributed by atoms with Crippen LogP contribution >= 0.6 is 27.5 Å². The van der Waals surface area contributed by atoms with Crippen molar-refractivity contribution in [2.45, 2.75) is 38.8 Å². The normalized spacial score (nSPS) is 21.0. The largest absolute Gasteiger partial charge is 0.506 e. The third-order valence-corrected chi connectivity index (χ3v) is 7.37. The Morgan fingerprint density at radius 3 is 2.65 bits per heavy atom. The number of ether oxygens (including phenoxy) is 1. The van der Waals surface area contributed by atoms with Crippen molar-refractivity contribution in [1.82, 2.24) is 0 Å². The van der Waals surface area contributed by atoms with Crippen LogP contribution in [0.3, 0.4) is 0 Å². The molecule has 2 atom stereocenters. The van der Waals surface area contributed by atoms with Gasteiger partial charge in [-0.05, 0) is 76.1 Å². The van der Waals surface area contributed by atoms with E-state index >= 15 is 0 Å². The van der Waals surface area contributed by atoms with Gasteiger partial charge in [-0.2, -0.15) is 0 Å². The summed E-state index contributed by atoms with van der Waals surface area (Å²) in [6, 6.07) is 18.2. The number of aliphatic hydroxyl groups excluding tert-OH is 1. The minimum atomic E-state index is -0.660. The molecule has 1 aliphatic carbocycles. The minimum Gasteiger partial charge on any atom is -0.506 e. The van der Waals surface area contributed by atoms with E-state index in [-0.39, 0.29) is 17.2 Å². The van der Waals surface area contributed by atoms with Crippen LogP contribution in [-0.4, -0.2) is 16.3 Å². The van der Waals surface area contributed by atoms with Crippen molar-refractivity contribution in [1.29, 1.82) is 0 Å². The van der Waals surface area contributed by atoms with Crippen LogP contribution in [0.15, 0.2) is 76.4 Å². The fraction of sp³-hybridized carbons (Fsp3) is 0.259. The number of nitrogens with one attached hydrogen (secondary N) is 2. The van der Waals surface area contributed by atoms with Gasteiger partial charge in [0.25, 0.3) is 0 Å². The van der Waals surface area contributed by atoms with Gasteiger partial charge in [-0.25, -0.2) is 0 Å². The Kier molecular flexibility index (Phi) is 6.00. The summed E-state index contributed by atoms with van der Waals surface area (Å²) >= 11 is 10.3. The van der Waals surface area contributed by atoms with E-state index < -0.39 is 6.10 Å². The van der Waals surface area contributed by atoms with Gasteiger partial charge in [-0.3, -0.25) is 0 Å². The summed E-state index contributed by atoms with van der Waals surface area (Å²) in [4.78, 5) is 0. The maximum absolute atomic E-state index is 11.2. The molecule has 1 heterocycles. The molecule has 0 saturated heterocycles. The number of allylic oxidation sites excluding steroid dienone is 1. The molecule has 176 valence electrons. The van der Waals surface area contributed by atoms with Crippen LogP contribution in [0.4, 0.5) is 11.4 Å². The van der Waals surface area contributed by atoms with E-state index in [1.807, 2.05) is 42.5 Å². The van der Waals surface area contributed by atoms with Gasteiger partial charge in [0, 0.05) is 16.3 Å². The van der Waals surface area contributed by atoms with Crippen molar-refractivity contribution in [2.75, 3.05) is 10.6 Å². The first-order valence-corrected chi connectivity index (χ1v) is 12.4. The summed E-state index contributed by atoms with van der Waals surface area (Å²) in [6.07, 6.45) is 0.716. The topological polar surface area (TPSA) is 73.8 Å². The molecule has 1 aliphatic heterocycles. The second kappa shape index (κ2) is 8.84. The summed E-state index contributed by atoms with van der Waals surface area (Å²) in [5.74, 6) is 1.46. The molecule has 0 spiro atoms. The van der Waals surface area contributed by atoms with Crippen molar-refractivity contribution in [3.63, 3.8) is 0 Å². The fourth-order valence-corrected chi connectivity index (χ4v) is 5.50. The van der Waals surface area contributed by atoms with Crippen molar-refractivity contribution in [3.05, 3.63) is 87.0 Å². The molecule has 0 radical (unpaired) electrons. The molecule has 3 aromatic rings. The Labute approximate surface area is 212 Å². The third-order valence-electron chi connectivity index (χ3n) is 6.39. The molecular formula is C27H26BrClN2O3. The molecule has 2 unspecified atom stereocenters. The van der Waals surface area contributed by atoms with E-state index in [2.05, 4.69) is 40.4 Å². The van der Waals surface area contributed by atoms with Crippen LogP contribution in [0.1, 0.15) is 38.3 Å². The Bertz CT molecular complexity index is 1290. The van der Waals surface area contributed by atoms with Gasteiger partial charge in [0.05, 0.1) is 22.3 Å². The third kappa shape index (κ3) is 4.38. The van der Waals surface area contributed by atoms with Crippen LogP contribution < -0.4 is 15.4 Å². The van der Waals surface area contributed by atoms with Crippen LogP contribution in [0.2, 0.25) is 5.02 Å². The van der Waals surface area contributed by atoms with E-state index in [4.69, 9.17) is 16.3 Å². The second-order valence-corrected chi connectivity index (χ2v) is 10.9. The van der Waals surface area contributed by atoms with Crippen molar-refractivity contribution < 1.29 is 14.9 Å². The van der Waals surface area contributed by atoms with E-state index in [1.165, 1.54) is 0 Å². The fourth-order valence-electron chi connectivity index (χ4n) is 4.85. The van der Waals surface area contributed by atoms with Crippen LogP contribution in [0.25, 0.3) is 0 Å². The molecule has 0 amide bonds. The lowest BCUT2D eigenvalue weighted by Crippen LogP contribution is -2.34. The highest BCUT2D eigenvalue weighted by molar-refractivity contribution is 9.10. The molecule has 0 fully saturated rings. The molecule has 2 aliphatic rings. The molecule has 0 bridgehead atoms. The molecule has 5 nitrogen and oxygen atoms in total. The van der Waals surface area contributed by atoms with E-state index in [0.29, 0.717) is 28.6 Å². The predicted octanol–water partition coefficient (Wildman–Crippen LogP) is 7.61. The van der Waals surface area contributed by atoms with Crippen LogP contribution in [0.5, 0.6) is 17.2 Å². The molecule has 7 heteroatoms.